The number of carbonyl (C=O) groups excluding carboxylic acids is 1. The first-order chi connectivity index (χ1) is 9.65. The van der Waals surface area contributed by atoms with Crippen LogP contribution in [0.5, 0.6) is 5.75 Å². The van der Waals surface area contributed by atoms with Gasteiger partial charge in [0, 0.05) is 13.0 Å². The minimum absolute atomic E-state index is 0.0283. The van der Waals surface area contributed by atoms with Crippen molar-refractivity contribution in [1.29, 1.82) is 0 Å². The molecule has 1 amide bonds. The van der Waals surface area contributed by atoms with E-state index in [0.29, 0.717) is 13.1 Å². The van der Waals surface area contributed by atoms with Crippen molar-refractivity contribution in [1.82, 2.24) is 5.32 Å². The summed E-state index contributed by atoms with van der Waals surface area (Å²) in [4.78, 5) is 12.3. The molecule has 4 heteroatoms. The molecule has 0 bridgehead atoms. The zero-order chi connectivity index (χ0) is 14.6. The minimum atomic E-state index is -0.439. The van der Waals surface area contributed by atoms with E-state index in [9.17, 15) is 4.79 Å². The molecule has 0 spiro atoms. The molecule has 0 saturated heterocycles. The number of benzene rings is 1. The molecule has 1 aliphatic heterocycles. The van der Waals surface area contributed by atoms with Gasteiger partial charge in [0.15, 0.2) is 0 Å². The number of para-hydroxylation sites is 1. The van der Waals surface area contributed by atoms with Crippen LogP contribution in [0.2, 0.25) is 0 Å². The molecule has 0 saturated carbocycles. The molecule has 1 aromatic rings. The van der Waals surface area contributed by atoms with Gasteiger partial charge in [0.25, 0.3) is 0 Å². The highest BCUT2D eigenvalue weighted by molar-refractivity contribution is 5.82. The molecule has 3 N–H and O–H groups in total. The molecular weight excluding hydrogens is 252 g/mol. The van der Waals surface area contributed by atoms with Gasteiger partial charge >= 0.3 is 0 Å². The fraction of sp³-hybridized carbons (Fsp3) is 0.562. The fourth-order valence-corrected chi connectivity index (χ4v) is 2.71. The maximum atomic E-state index is 12.3. The largest absolute Gasteiger partial charge is 0.488 e. The molecule has 2 rings (SSSR count). The van der Waals surface area contributed by atoms with Gasteiger partial charge < -0.3 is 15.8 Å². The smallest absolute Gasteiger partial charge is 0.227 e. The van der Waals surface area contributed by atoms with Crippen molar-refractivity contribution in [3.05, 3.63) is 29.8 Å². The molecular formula is C16H24N2O2. The Morgan fingerprint density at radius 3 is 2.70 bits per heavy atom. The summed E-state index contributed by atoms with van der Waals surface area (Å²) in [6, 6.07) is 8.02. The highest BCUT2D eigenvalue weighted by Gasteiger charge is 2.34. The molecule has 1 atom stereocenters. The number of hydrogen-bond donors (Lipinski definition) is 2. The van der Waals surface area contributed by atoms with E-state index in [0.717, 1.165) is 25.0 Å². The number of fused-ring (bicyclic) bond motifs is 1. The monoisotopic (exact) mass is 276 g/mol. The maximum absolute atomic E-state index is 12.3. The van der Waals surface area contributed by atoms with E-state index < -0.39 is 5.41 Å². The van der Waals surface area contributed by atoms with Crippen molar-refractivity contribution in [3.8, 4) is 5.75 Å². The maximum Gasteiger partial charge on any atom is 0.227 e. The van der Waals surface area contributed by atoms with Crippen LogP contribution in [0.1, 0.15) is 32.3 Å². The first-order valence-electron chi connectivity index (χ1n) is 7.38. The third-order valence-electron chi connectivity index (χ3n) is 4.43. The van der Waals surface area contributed by atoms with Crippen LogP contribution >= 0.6 is 0 Å². The van der Waals surface area contributed by atoms with Crippen LogP contribution < -0.4 is 15.8 Å². The lowest BCUT2D eigenvalue weighted by Crippen LogP contribution is -2.47. The molecule has 1 heterocycles. The second-order valence-electron chi connectivity index (χ2n) is 5.45. The van der Waals surface area contributed by atoms with Gasteiger partial charge in [-0.2, -0.15) is 0 Å². The number of hydrogen-bond acceptors (Lipinski definition) is 3. The predicted molar refractivity (Wildman–Crippen MR) is 79.6 cm³/mol. The average molecular weight is 276 g/mol. The summed E-state index contributed by atoms with van der Waals surface area (Å²) in [6.07, 6.45) is 2.40. The van der Waals surface area contributed by atoms with Crippen molar-refractivity contribution >= 4 is 5.91 Å². The lowest BCUT2D eigenvalue weighted by molar-refractivity contribution is -0.131. The molecule has 0 fully saturated rings. The van der Waals surface area contributed by atoms with Crippen molar-refractivity contribution in [2.24, 2.45) is 11.1 Å². The minimum Gasteiger partial charge on any atom is -0.488 e. The molecule has 0 aromatic heterocycles. The topological polar surface area (TPSA) is 64.4 Å². The van der Waals surface area contributed by atoms with Gasteiger partial charge in [-0.3, -0.25) is 4.79 Å². The summed E-state index contributed by atoms with van der Waals surface area (Å²) >= 11 is 0. The summed E-state index contributed by atoms with van der Waals surface area (Å²) in [6.45, 7) is 4.95. The van der Waals surface area contributed by atoms with Gasteiger partial charge in [-0.1, -0.05) is 32.0 Å². The summed E-state index contributed by atoms with van der Waals surface area (Å²) in [5.74, 6) is 0.979. The molecule has 1 unspecified atom stereocenters. The van der Waals surface area contributed by atoms with Gasteiger partial charge in [0.05, 0.1) is 12.0 Å². The molecule has 0 aliphatic carbocycles. The van der Waals surface area contributed by atoms with E-state index in [-0.39, 0.29) is 12.0 Å². The summed E-state index contributed by atoms with van der Waals surface area (Å²) in [5.41, 5.74) is 6.56. The lowest BCUT2D eigenvalue weighted by Gasteiger charge is -2.29. The third-order valence-corrected chi connectivity index (χ3v) is 4.43. The van der Waals surface area contributed by atoms with E-state index >= 15 is 0 Å². The highest BCUT2D eigenvalue weighted by atomic mass is 16.5. The van der Waals surface area contributed by atoms with E-state index in [4.69, 9.17) is 10.5 Å². The van der Waals surface area contributed by atoms with Crippen LogP contribution in [0.4, 0.5) is 0 Å². The van der Waals surface area contributed by atoms with Crippen LogP contribution in [0.15, 0.2) is 24.3 Å². The number of nitrogens with two attached hydrogens (primary N) is 1. The van der Waals surface area contributed by atoms with E-state index in [2.05, 4.69) is 11.4 Å². The highest BCUT2D eigenvalue weighted by Crippen LogP contribution is 2.28. The van der Waals surface area contributed by atoms with Crippen molar-refractivity contribution < 1.29 is 9.53 Å². The molecule has 4 nitrogen and oxygen atoms in total. The normalized spacial score (nSPS) is 17.4. The third kappa shape index (κ3) is 2.80. The Hall–Kier alpha value is -1.55. The summed E-state index contributed by atoms with van der Waals surface area (Å²) in [7, 11) is 0. The fourth-order valence-electron chi connectivity index (χ4n) is 2.71. The zero-order valence-electron chi connectivity index (χ0n) is 12.3. The van der Waals surface area contributed by atoms with Crippen LogP contribution in [-0.4, -0.2) is 25.1 Å². The first-order valence-corrected chi connectivity index (χ1v) is 7.38. The molecule has 110 valence electrons. The van der Waals surface area contributed by atoms with Crippen molar-refractivity contribution in [2.75, 3.05) is 13.1 Å². The van der Waals surface area contributed by atoms with E-state index in [1.165, 1.54) is 5.56 Å². The SMILES string of the molecule is CCC(CC)(CN)C(=O)NCC1Cc2ccccc2O1. The zero-order valence-corrected chi connectivity index (χ0v) is 12.3. The van der Waals surface area contributed by atoms with E-state index in [1.54, 1.807) is 0 Å². The number of nitrogens with one attached hydrogen (secondary N) is 1. The van der Waals surface area contributed by atoms with Gasteiger partial charge in [0.1, 0.15) is 11.9 Å². The lowest BCUT2D eigenvalue weighted by atomic mass is 9.81. The van der Waals surface area contributed by atoms with E-state index in [1.807, 2.05) is 32.0 Å². The Morgan fingerprint density at radius 1 is 1.40 bits per heavy atom. The Bertz CT molecular complexity index is 436. The number of ether oxygens (including phenoxy) is 1. The van der Waals surface area contributed by atoms with Crippen LogP contribution in [-0.2, 0) is 11.2 Å². The van der Waals surface area contributed by atoms with Crippen LogP contribution in [0, 0.1) is 5.41 Å². The number of carbonyl (C=O) groups is 1. The Morgan fingerprint density at radius 2 is 2.10 bits per heavy atom. The van der Waals surface area contributed by atoms with Gasteiger partial charge in [-0.25, -0.2) is 0 Å². The molecule has 1 aromatic carbocycles. The molecule has 20 heavy (non-hydrogen) atoms. The summed E-state index contributed by atoms with van der Waals surface area (Å²) in [5, 5.41) is 3.01. The second kappa shape index (κ2) is 6.27. The number of amides is 1. The predicted octanol–water partition coefficient (Wildman–Crippen LogP) is 1.87. The Balaban J connectivity index is 1.89. The Kier molecular flexibility index (Phi) is 4.65. The first kappa shape index (κ1) is 14.9. The van der Waals surface area contributed by atoms with Crippen molar-refractivity contribution in [3.63, 3.8) is 0 Å². The van der Waals surface area contributed by atoms with Gasteiger partial charge in [-0.15, -0.1) is 0 Å². The van der Waals surface area contributed by atoms with Gasteiger partial charge in [0.2, 0.25) is 5.91 Å². The summed E-state index contributed by atoms with van der Waals surface area (Å²) < 4.78 is 5.82. The quantitative estimate of drug-likeness (QED) is 0.833. The van der Waals surface area contributed by atoms with Crippen molar-refractivity contribution in [2.45, 2.75) is 39.2 Å². The molecule has 0 radical (unpaired) electrons. The number of rotatable bonds is 6. The second-order valence-corrected chi connectivity index (χ2v) is 5.45. The van der Waals surface area contributed by atoms with Gasteiger partial charge in [-0.05, 0) is 24.5 Å². The van der Waals surface area contributed by atoms with Crippen LogP contribution in [0.25, 0.3) is 0 Å². The average Bonchev–Trinajstić information content (AvgIpc) is 2.90. The van der Waals surface area contributed by atoms with Crippen LogP contribution in [0.3, 0.4) is 0 Å². The Labute approximate surface area is 120 Å². The standard InChI is InChI=1S/C16H24N2O2/c1-3-16(4-2,11-17)15(19)18-10-13-9-12-7-5-6-8-14(12)20-13/h5-8,13H,3-4,9-11,17H2,1-2H3,(H,18,19). The molecule has 1 aliphatic rings.